The Morgan fingerprint density at radius 2 is 1.94 bits per heavy atom. The van der Waals surface area contributed by atoms with Gasteiger partial charge in [-0.2, -0.15) is 0 Å². The number of aliphatic carboxylic acids is 1. The van der Waals surface area contributed by atoms with Gasteiger partial charge >= 0.3 is 5.97 Å². The number of hydrogen-bond donors (Lipinski definition) is 2. The number of carboxylic acids is 1. The SMILES string of the molecule is CC(NC(=O)CSCC(=O)O)c1ccc(Br)cc1. The van der Waals surface area contributed by atoms with E-state index in [-0.39, 0.29) is 23.5 Å². The molecule has 6 heteroatoms. The highest BCUT2D eigenvalue weighted by atomic mass is 79.9. The van der Waals surface area contributed by atoms with E-state index in [4.69, 9.17) is 5.11 Å². The van der Waals surface area contributed by atoms with Crippen LogP contribution in [0, 0.1) is 0 Å². The average molecular weight is 332 g/mol. The Labute approximate surface area is 118 Å². The van der Waals surface area contributed by atoms with Crippen LogP contribution in [0.4, 0.5) is 0 Å². The van der Waals surface area contributed by atoms with E-state index in [0.717, 1.165) is 21.8 Å². The van der Waals surface area contributed by atoms with Crippen LogP contribution in [0.25, 0.3) is 0 Å². The zero-order valence-corrected chi connectivity index (χ0v) is 12.3. The monoisotopic (exact) mass is 331 g/mol. The van der Waals surface area contributed by atoms with E-state index in [9.17, 15) is 9.59 Å². The van der Waals surface area contributed by atoms with Crippen molar-refractivity contribution in [3.05, 3.63) is 34.3 Å². The van der Waals surface area contributed by atoms with Gasteiger partial charge in [0.1, 0.15) is 0 Å². The standard InChI is InChI=1S/C12H14BrNO3S/c1-8(9-2-4-10(13)5-3-9)14-11(15)6-18-7-12(16)17/h2-5,8H,6-7H2,1H3,(H,14,15)(H,16,17). The highest BCUT2D eigenvalue weighted by molar-refractivity contribution is 9.10. The van der Waals surface area contributed by atoms with Crippen molar-refractivity contribution in [3.8, 4) is 0 Å². The van der Waals surface area contributed by atoms with Crippen molar-refractivity contribution >= 4 is 39.6 Å². The molecule has 0 aliphatic carbocycles. The summed E-state index contributed by atoms with van der Waals surface area (Å²) in [4.78, 5) is 21.8. The minimum absolute atomic E-state index is 0.0555. The maximum absolute atomic E-state index is 11.5. The molecule has 1 rings (SSSR count). The lowest BCUT2D eigenvalue weighted by atomic mass is 10.1. The molecule has 0 radical (unpaired) electrons. The van der Waals surface area contributed by atoms with Crippen molar-refractivity contribution < 1.29 is 14.7 Å². The van der Waals surface area contributed by atoms with E-state index in [1.165, 1.54) is 0 Å². The molecule has 0 saturated carbocycles. The quantitative estimate of drug-likeness (QED) is 0.840. The molecule has 0 spiro atoms. The number of halogens is 1. The maximum Gasteiger partial charge on any atom is 0.313 e. The van der Waals surface area contributed by atoms with Gasteiger partial charge in [0.2, 0.25) is 5.91 Å². The first-order chi connectivity index (χ1) is 8.49. The van der Waals surface area contributed by atoms with Gasteiger partial charge in [-0.15, -0.1) is 11.8 Å². The Morgan fingerprint density at radius 3 is 2.50 bits per heavy atom. The van der Waals surface area contributed by atoms with Crippen molar-refractivity contribution in [2.45, 2.75) is 13.0 Å². The predicted octanol–water partition coefficient (Wildman–Crippen LogP) is 2.44. The van der Waals surface area contributed by atoms with Crippen LogP contribution in [0.5, 0.6) is 0 Å². The molecule has 0 aliphatic heterocycles. The third-order valence-corrected chi connectivity index (χ3v) is 3.65. The third-order valence-electron chi connectivity index (χ3n) is 2.21. The molecule has 1 aromatic rings. The van der Waals surface area contributed by atoms with E-state index >= 15 is 0 Å². The van der Waals surface area contributed by atoms with Gasteiger partial charge in [0.05, 0.1) is 17.5 Å². The zero-order chi connectivity index (χ0) is 13.5. The van der Waals surface area contributed by atoms with Gasteiger partial charge < -0.3 is 10.4 Å². The van der Waals surface area contributed by atoms with Crippen LogP contribution in [0.15, 0.2) is 28.7 Å². The van der Waals surface area contributed by atoms with Gasteiger partial charge in [0, 0.05) is 4.47 Å². The van der Waals surface area contributed by atoms with Crippen molar-refractivity contribution in [3.63, 3.8) is 0 Å². The second-order valence-electron chi connectivity index (χ2n) is 3.73. The summed E-state index contributed by atoms with van der Waals surface area (Å²) in [6.07, 6.45) is 0. The maximum atomic E-state index is 11.5. The fourth-order valence-corrected chi connectivity index (χ4v) is 2.16. The molecule has 1 amide bonds. The molecule has 98 valence electrons. The average Bonchev–Trinajstić information content (AvgIpc) is 2.29. The molecular weight excluding hydrogens is 318 g/mol. The second kappa shape index (κ2) is 7.43. The summed E-state index contributed by atoms with van der Waals surface area (Å²) in [5, 5.41) is 11.3. The Hall–Kier alpha value is -1.01. The Bertz CT molecular complexity index is 422. The molecule has 4 nitrogen and oxygen atoms in total. The Morgan fingerprint density at radius 1 is 1.33 bits per heavy atom. The molecule has 0 bridgehead atoms. The lowest BCUT2D eigenvalue weighted by Gasteiger charge is -2.14. The van der Waals surface area contributed by atoms with Crippen LogP contribution in [0.3, 0.4) is 0 Å². The van der Waals surface area contributed by atoms with Crippen LogP contribution >= 0.6 is 27.7 Å². The van der Waals surface area contributed by atoms with Crippen molar-refractivity contribution in [1.82, 2.24) is 5.32 Å². The van der Waals surface area contributed by atoms with Crippen molar-refractivity contribution in [2.24, 2.45) is 0 Å². The van der Waals surface area contributed by atoms with Crippen LogP contribution in [0.1, 0.15) is 18.5 Å². The van der Waals surface area contributed by atoms with Crippen molar-refractivity contribution in [1.29, 1.82) is 0 Å². The summed E-state index contributed by atoms with van der Waals surface area (Å²) >= 11 is 4.44. The number of hydrogen-bond acceptors (Lipinski definition) is 3. The number of carbonyl (C=O) groups excluding carboxylic acids is 1. The number of rotatable bonds is 6. The van der Waals surface area contributed by atoms with Crippen LogP contribution in [0.2, 0.25) is 0 Å². The summed E-state index contributed by atoms with van der Waals surface area (Å²) in [5.41, 5.74) is 1.01. The molecule has 0 saturated heterocycles. The number of carboxylic acid groups (broad SMARTS) is 1. The topological polar surface area (TPSA) is 66.4 Å². The smallest absolute Gasteiger partial charge is 0.313 e. The molecule has 1 atom stereocenters. The molecule has 18 heavy (non-hydrogen) atoms. The summed E-state index contributed by atoms with van der Waals surface area (Å²) in [6.45, 7) is 1.89. The summed E-state index contributed by atoms with van der Waals surface area (Å²) in [7, 11) is 0. The molecule has 1 unspecified atom stereocenters. The molecule has 0 fully saturated rings. The van der Waals surface area contributed by atoms with Gasteiger partial charge in [-0.3, -0.25) is 9.59 Å². The van der Waals surface area contributed by atoms with Gasteiger partial charge in [-0.05, 0) is 24.6 Å². The van der Waals surface area contributed by atoms with Crippen molar-refractivity contribution in [2.75, 3.05) is 11.5 Å². The lowest BCUT2D eigenvalue weighted by molar-refractivity contribution is -0.133. The minimum Gasteiger partial charge on any atom is -0.481 e. The number of amides is 1. The zero-order valence-electron chi connectivity index (χ0n) is 9.85. The molecule has 0 heterocycles. The third kappa shape index (κ3) is 5.55. The highest BCUT2D eigenvalue weighted by Gasteiger charge is 2.10. The van der Waals surface area contributed by atoms with Crippen LogP contribution < -0.4 is 5.32 Å². The Balaban J connectivity index is 2.39. The summed E-state index contributed by atoms with van der Waals surface area (Å²) in [6, 6.07) is 7.60. The van der Waals surface area contributed by atoms with Gasteiger partial charge in [-0.1, -0.05) is 28.1 Å². The second-order valence-corrected chi connectivity index (χ2v) is 5.63. The highest BCUT2D eigenvalue weighted by Crippen LogP contribution is 2.16. The first-order valence-corrected chi connectivity index (χ1v) is 7.28. The number of benzene rings is 1. The van der Waals surface area contributed by atoms with Gasteiger partial charge in [0.25, 0.3) is 0 Å². The van der Waals surface area contributed by atoms with Crippen LogP contribution in [-0.2, 0) is 9.59 Å². The van der Waals surface area contributed by atoms with E-state index in [1.807, 2.05) is 31.2 Å². The summed E-state index contributed by atoms with van der Waals surface area (Å²) in [5.74, 6) is -0.960. The van der Waals surface area contributed by atoms with E-state index in [1.54, 1.807) is 0 Å². The first-order valence-electron chi connectivity index (χ1n) is 5.33. The van der Waals surface area contributed by atoms with Crippen LogP contribution in [-0.4, -0.2) is 28.5 Å². The largest absolute Gasteiger partial charge is 0.481 e. The molecular formula is C12H14BrNO3S. The fourth-order valence-electron chi connectivity index (χ4n) is 1.35. The number of nitrogens with one attached hydrogen (secondary N) is 1. The summed E-state index contributed by atoms with van der Waals surface area (Å²) < 4.78 is 0.988. The predicted molar refractivity (Wildman–Crippen MR) is 75.7 cm³/mol. The number of thioether (sulfide) groups is 1. The minimum atomic E-state index is -0.909. The van der Waals surface area contributed by atoms with E-state index in [0.29, 0.717) is 0 Å². The lowest BCUT2D eigenvalue weighted by Crippen LogP contribution is -2.28. The van der Waals surface area contributed by atoms with E-state index < -0.39 is 5.97 Å². The van der Waals surface area contributed by atoms with Gasteiger partial charge in [0.15, 0.2) is 0 Å². The first kappa shape index (κ1) is 15.0. The fraction of sp³-hybridized carbons (Fsp3) is 0.333. The molecule has 1 aromatic carbocycles. The molecule has 2 N–H and O–H groups in total. The molecule has 0 aromatic heterocycles. The number of carbonyl (C=O) groups is 2. The van der Waals surface area contributed by atoms with E-state index in [2.05, 4.69) is 21.2 Å². The molecule has 0 aliphatic rings. The van der Waals surface area contributed by atoms with Gasteiger partial charge in [-0.25, -0.2) is 0 Å². The normalized spacial score (nSPS) is 11.9. The Kier molecular flexibility index (Phi) is 6.21.